The third-order valence-electron chi connectivity index (χ3n) is 2.44. The Morgan fingerprint density at radius 1 is 1.37 bits per heavy atom. The average molecular weight is 277 g/mol. The highest BCUT2D eigenvalue weighted by molar-refractivity contribution is 7.14. The van der Waals surface area contributed by atoms with Crippen molar-refractivity contribution in [2.75, 3.05) is 0 Å². The van der Waals surface area contributed by atoms with Gasteiger partial charge in [0.1, 0.15) is 9.88 Å². The Hall–Kier alpha value is -1.95. The van der Waals surface area contributed by atoms with Gasteiger partial charge in [0.15, 0.2) is 0 Å². The number of carboxylic acids is 1. The third-order valence-corrected chi connectivity index (χ3v) is 3.39. The van der Waals surface area contributed by atoms with E-state index in [1.54, 1.807) is 12.3 Å². The second kappa shape index (κ2) is 4.97. The van der Waals surface area contributed by atoms with Crippen molar-refractivity contribution in [1.29, 1.82) is 0 Å². The van der Waals surface area contributed by atoms with E-state index in [2.05, 4.69) is 30.9 Å². The first-order chi connectivity index (χ1) is 8.86. The Morgan fingerprint density at radius 3 is 2.63 bits per heavy atom. The summed E-state index contributed by atoms with van der Waals surface area (Å²) >= 11 is 1.15. The molecule has 2 aromatic rings. The van der Waals surface area contributed by atoms with Crippen molar-refractivity contribution in [3.8, 4) is 0 Å². The van der Waals surface area contributed by atoms with Crippen LogP contribution in [0.3, 0.4) is 0 Å². The number of hydrogen-bond acceptors (Lipinski definition) is 4. The van der Waals surface area contributed by atoms with E-state index in [0.717, 1.165) is 16.9 Å². The van der Waals surface area contributed by atoms with Crippen molar-refractivity contribution in [2.45, 2.75) is 26.3 Å². The van der Waals surface area contributed by atoms with Crippen molar-refractivity contribution in [3.05, 3.63) is 34.0 Å². The molecule has 2 rings (SSSR count). The molecule has 0 spiro atoms. The second-order valence-electron chi connectivity index (χ2n) is 5.09. The Balaban J connectivity index is 2.14. The minimum atomic E-state index is -0.947. The molecule has 0 aliphatic carbocycles. The molecule has 0 atom stereocenters. The van der Waals surface area contributed by atoms with E-state index in [9.17, 15) is 4.79 Å². The van der Waals surface area contributed by atoms with Crippen LogP contribution < -0.4 is 0 Å². The SMILES string of the molecule is CC(C)(C)n1cc(/C=C/c2ncc(C(=O)O)s2)cn1. The number of carboxylic acid groups (broad SMARTS) is 1. The number of carbonyl (C=O) groups is 1. The van der Waals surface area contributed by atoms with Crippen LogP contribution in [0.25, 0.3) is 12.2 Å². The number of thiazole rings is 1. The molecule has 2 aromatic heterocycles. The highest BCUT2D eigenvalue weighted by atomic mass is 32.1. The lowest BCUT2D eigenvalue weighted by Crippen LogP contribution is -2.21. The van der Waals surface area contributed by atoms with Crippen molar-refractivity contribution in [2.24, 2.45) is 0 Å². The number of aromatic carboxylic acids is 1. The quantitative estimate of drug-likeness (QED) is 0.936. The van der Waals surface area contributed by atoms with Gasteiger partial charge in [-0.2, -0.15) is 5.10 Å². The maximum absolute atomic E-state index is 10.7. The van der Waals surface area contributed by atoms with Gasteiger partial charge >= 0.3 is 5.97 Å². The zero-order valence-corrected chi connectivity index (χ0v) is 11.8. The second-order valence-corrected chi connectivity index (χ2v) is 6.15. The predicted octanol–water partition coefficient (Wildman–Crippen LogP) is 2.96. The normalized spacial score (nSPS) is 12.2. The minimum absolute atomic E-state index is 0.0518. The first-order valence-electron chi connectivity index (χ1n) is 5.78. The van der Waals surface area contributed by atoms with Gasteiger partial charge in [-0.1, -0.05) is 0 Å². The Labute approximate surface area is 115 Å². The van der Waals surface area contributed by atoms with Gasteiger partial charge in [-0.3, -0.25) is 4.68 Å². The molecule has 0 aliphatic rings. The summed E-state index contributed by atoms with van der Waals surface area (Å²) in [6.45, 7) is 6.23. The van der Waals surface area contributed by atoms with Gasteiger partial charge in [0.25, 0.3) is 0 Å². The molecule has 5 nitrogen and oxygen atoms in total. The average Bonchev–Trinajstić information content (AvgIpc) is 2.95. The summed E-state index contributed by atoms with van der Waals surface area (Å²) in [6.07, 6.45) is 8.75. The molecule has 0 saturated carbocycles. The molecule has 6 heteroatoms. The lowest BCUT2D eigenvalue weighted by atomic mass is 10.1. The molecular formula is C13H15N3O2S. The van der Waals surface area contributed by atoms with Crippen LogP contribution in [0.1, 0.15) is 41.0 Å². The van der Waals surface area contributed by atoms with Gasteiger partial charge in [-0.15, -0.1) is 11.3 Å². The molecule has 0 aromatic carbocycles. The van der Waals surface area contributed by atoms with Crippen LogP contribution in [-0.2, 0) is 5.54 Å². The van der Waals surface area contributed by atoms with E-state index in [4.69, 9.17) is 5.11 Å². The number of rotatable bonds is 3. The van der Waals surface area contributed by atoms with E-state index in [0.29, 0.717) is 5.01 Å². The standard InChI is InChI=1S/C13H15N3O2S/c1-13(2,3)16-8-9(6-15-16)4-5-11-14-7-10(19-11)12(17)18/h4-8H,1-3H3,(H,17,18)/b5-4+. The summed E-state index contributed by atoms with van der Waals surface area (Å²) in [6, 6.07) is 0. The fourth-order valence-electron chi connectivity index (χ4n) is 1.42. The molecule has 100 valence electrons. The van der Waals surface area contributed by atoms with Gasteiger partial charge in [-0.25, -0.2) is 9.78 Å². The Morgan fingerprint density at radius 2 is 2.11 bits per heavy atom. The highest BCUT2D eigenvalue weighted by Gasteiger charge is 2.13. The maximum Gasteiger partial charge on any atom is 0.347 e. The molecule has 1 N–H and O–H groups in total. The van der Waals surface area contributed by atoms with Gasteiger partial charge < -0.3 is 5.11 Å². The molecule has 0 amide bonds. The smallest absolute Gasteiger partial charge is 0.347 e. The minimum Gasteiger partial charge on any atom is -0.477 e. The van der Waals surface area contributed by atoms with Crippen molar-refractivity contribution in [3.63, 3.8) is 0 Å². The fourth-order valence-corrected chi connectivity index (χ4v) is 2.08. The van der Waals surface area contributed by atoms with E-state index < -0.39 is 5.97 Å². The summed E-state index contributed by atoms with van der Waals surface area (Å²) in [5.74, 6) is -0.947. The molecular weight excluding hydrogens is 262 g/mol. The van der Waals surface area contributed by atoms with Gasteiger partial charge in [0, 0.05) is 11.8 Å². The molecule has 0 radical (unpaired) electrons. The van der Waals surface area contributed by atoms with Crippen LogP contribution >= 0.6 is 11.3 Å². The van der Waals surface area contributed by atoms with Crippen molar-refractivity contribution in [1.82, 2.24) is 14.8 Å². The molecule has 0 aliphatic heterocycles. The lowest BCUT2D eigenvalue weighted by Gasteiger charge is -2.18. The lowest BCUT2D eigenvalue weighted by molar-refractivity contribution is 0.0702. The fraction of sp³-hybridized carbons (Fsp3) is 0.308. The van der Waals surface area contributed by atoms with Crippen molar-refractivity contribution < 1.29 is 9.90 Å². The first-order valence-corrected chi connectivity index (χ1v) is 6.60. The summed E-state index contributed by atoms with van der Waals surface area (Å²) < 4.78 is 1.89. The Kier molecular flexibility index (Phi) is 3.53. The monoisotopic (exact) mass is 277 g/mol. The molecule has 0 fully saturated rings. The highest BCUT2D eigenvalue weighted by Crippen LogP contribution is 2.17. The van der Waals surface area contributed by atoms with Gasteiger partial charge in [0.2, 0.25) is 0 Å². The maximum atomic E-state index is 10.7. The van der Waals surface area contributed by atoms with E-state index in [1.165, 1.54) is 6.20 Å². The van der Waals surface area contributed by atoms with Crippen LogP contribution in [0.4, 0.5) is 0 Å². The van der Waals surface area contributed by atoms with E-state index in [1.807, 2.05) is 17.0 Å². The molecule has 0 saturated heterocycles. The zero-order valence-electron chi connectivity index (χ0n) is 11.0. The van der Waals surface area contributed by atoms with E-state index >= 15 is 0 Å². The van der Waals surface area contributed by atoms with Crippen molar-refractivity contribution >= 4 is 29.5 Å². The van der Waals surface area contributed by atoms with Crippen LogP contribution in [0.5, 0.6) is 0 Å². The van der Waals surface area contributed by atoms with E-state index in [-0.39, 0.29) is 10.4 Å². The largest absolute Gasteiger partial charge is 0.477 e. The van der Waals surface area contributed by atoms with Gasteiger partial charge in [0.05, 0.1) is 17.9 Å². The number of aromatic nitrogens is 3. The number of nitrogens with zero attached hydrogens (tertiary/aromatic N) is 3. The van der Waals surface area contributed by atoms with Crippen LogP contribution in [-0.4, -0.2) is 25.8 Å². The summed E-state index contributed by atoms with van der Waals surface area (Å²) in [5, 5.41) is 13.8. The zero-order chi connectivity index (χ0) is 14.0. The molecule has 0 bridgehead atoms. The Bertz CT molecular complexity index is 620. The van der Waals surface area contributed by atoms with Crippen LogP contribution in [0, 0.1) is 0 Å². The van der Waals surface area contributed by atoms with Gasteiger partial charge in [-0.05, 0) is 32.9 Å². The summed E-state index contributed by atoms with van der Waals surface area (Å²) in [4.78, 5) is 15.0. The summed E-state index contributed by atoms with van der Waals surface area (Å²) in [7, 11) is 0. The first kappa shape index (κ1) is 13.5. The van der Waals surface area contributed by atoms with Crippen LogP contribution in [0.15, 0.2) is 18.6 Å². The molecule has 0 unspecified atom stereocenters. The topological polar surface area (TPSA) is 68.0 Å². The third kappa shape index (κ3) is 3.29. The molecule has 2 heterocycles. The molecule has 19 heavy (non-hydrogen) atoms. The summed E-state index contributed by atoms with van der Waals surface area (Å²) in [5.41, 5.74) is 0.908. The predicted molar refractivity (Wildman–Crippen MR) is 75.2 cm³/mol. The number of hydrogen-bond donors (Lipinski definition) is 1. The van der Waals surface area contributed by atoms with Crippen LogP contribution in [0.2, 0.25) is 0 Å².